The van der Waals surface area contributed by atoms with Gasteiger partial charge in [-0.05, 0) is 34.9 Å². The molecule has 1 N–H and O–H groups in total. The summed E-state index contributed by atoms with van der Waals surface area (Å²) in [4.78, 5) is 4.55. The Labute approximate surface area is 162 Å². The molecule has 0 amide bonds. The summed E-state index contributed by atoms with van der Waals surface area (Å²) < 4.78 is 13.9. The molecule has 0 fully saturated rings. The molecule has 1 unspecified atom stereocenters. The lowest BCUT2D eigenvalue weighted by Crippen LogP contribution is -2.30. The second-order valence-electron chi connectivity index (χ2n) is 7.61. The maximum absolute atomic E-state index is 8.90. The summed E-state index contributed by atoms with van der Waals surface area (Å²) in [6.45, 7) is 5.00. The van der Waals surface area contributed by atoms with E-state index in [2.05, 4.69) is 37.0 Å². The topological polar surface area (TPSA) is 64.0 Å². The van der Waals surface area contributed by atoms with E-state index in [0.29, 0.717) is 17.3 Å². The molecule has 2 aromatic heterocycles. The second-order valence-corrected chi connectivity index (χ2v) is 7.61. The number of aromatic nitrogens is 2. The number of nitrogens with zero attached hydrogens (tertiary/aromatic N) is 2. The Morgan fingerprint density at radius 2 is 1.93 bits per heavy atom. The zero-order chi connectivity index (χ0) is 19.3. The van der Waals surface area contributed by atoms with Crippen molar-refractivity contribution >= 4 is 10.8 Å². The van der Waals surface area contributed by atoms with Crippen molar-refractivity contribution in [1.29, 1.82) is 5.41 Å². The van der Waals surface area contributed by atoms with Crippen LogP contribution in [0.5, 0.6) is 11.6 Å². The molecule has 2 aromatic carbocycles. The smallest absolute Gasteiger partial charge is 0.228 e. The number of benzene rings is 2. The molecule has 3 heterocycles. The summed E-state index contributed by atoms with van der Waals surface area (Å²) in [5.41, 5.74) is 2.19. The van der Waals surface area contributed by atoms with Crippen molar-refractivity contribution < 1.29 is 9.15 Å². The van der Waals surface area contributed by atoms with Gasteiger partial charge in [-0.25, -0.2) is 4.98 Å². The molecule has 0 saturated heterocycles. The normalized spacial score (nSPS) is 15.3. The lowest BCUT2D eigenvalue weighted by Gasteiger charge is -2.28. The van der Waals surface area contributed by atoms with Crippen LogP contribution in [0.4, 0.5) is 0 Å². The first kappa shape index (κ1) is 16.8. The highest BCUT2D eigenvalue weighted by atomic mass is 16.5. The predicted molar refractivity (Wildman–Crippen MR) is 107 cm³/mol. The van der Waals surface area contributed by atoms with Crippen molar-refractivity contribution in [1.82, 2.24) is 9.55 Å². The van der Waals surface area contributed by atoms with Gasteiger partial charge in [0, 0.05) is 12.1 Å². The summed E-state index contributed by atoms with van der Waals surface area (Å²) in [6.07, 6.45) is 3.38. The average molecular weight is 371 g/mol. The molecule has 1 aliphatic heterocycles. The third-order valence-electron chi connectivity index (χ3n) is 5.19. The van der Waals surface area contributed by atoms with E-state index in [1.807, 2.05) is 34.9 Å². The van der Waals surface area contributed by atoms with Crippen LogP contribution in [-0.2, 0) is 6.54 Å². The fourth-order valence-corrected chi connectivity index (χ4v) is 4.03. The van der Waals surface area contributed by atoms with E-state index < -0.39 is 0 Å². The molecular formula is C23H21N3O2. The van der Waals surface area contributed by atoms with Crippen LogP contribution in [0.15, 0.2) is 65.5 Å². The van der Waals surface area contributed by atoms with Crippen molar-refractivity contribution in [2.24, 2.45) is 5.92 Å². The monoisotopic (exact) mass is 371 g/mol. The van der Waals surface area contributed by atoms with Gasteiger partial charge in [-0.3, -0.25) is 5.41 Å². The van der Waals surface area contributed by atoms with Gasteiger partial charge < -0.3 is 13.7 Å². The molecule has 0 bridgehead atoms. The van der Waals surface area contributed by atoms with E-state index in [4.69, 9.17) is 14.6 Å². The van der Waals surface area contributed by atoms with Gasteiger partial charge in [0.15, 0.2) is 0 Å². The van der Waals surface area contributed by atoms with Gasteiger partial charge in [0.05, 0.1) is 17.7 Å². The summed E-state index contributed by atoms with van der Waals surface area (Å²) in [6, 6.07) is 16.1. The Balaban J connectivity index is 1.83. The second kappa shape index (κ2) is 6.37. The van der Waals surface area contributed by atoms with Gasteiger partial charge in [0.2, 0.25) is 5.88 Å². The van der Waals surface area contributed by atoms with Gasteiger partial charge in [-0.1, -0.05) is 44.2 Å². The molecule has 5 rings (SSSR count). The molecule has 140 valence electrons. The lowest BCUT2D eigenvalue weighted by molar-refractivity contribution is 0.402. The Morgan fingerprint density at radius 3 is 2.71 bits per heavy atom. The minimum Gasteiger partial charge on any atom is -0.468 e. The van der Waals surface area contributed by atoms with Gasteiger partial charge >= 0.3 is 0 Å². The highest BCUT2D eigenvalue weighted by molar-refractivity contribution is 5.90. The van der Waals surface area contributed by atoms with Crippen LogP contribution in [0.1, 0.15) is 36.7 Å². The van der Waals surface area contributed by atoms with E-state index in [0.717, 1.165) is 40.0 Å². The SMILES string of the molecule is CC(C)Cn1cnc2c(c1=N)C(c1ccco1)c1c(ccc3ccccc13)O2. The van der Waals surface area contributed by atoms with E-state index in [1.165, 1.54) is 0 Å². The molecule has 0 spiro atoms. The van der Waals surface area contributed by atoms with Crippen molar-refractivity contribution in [3.63, 3.8) is 0 Å². The summed E-state index contributed by atoms with van der Waals surface area (Å²) >= 11 is 0. The van der Waals surface area contributed by atoms with Crippen LogP contribution >= 0.6 is 0 Å². The number of furan rings is 1. The zero-order valence-corrected chi connectivity index (χ0v) is 15.8. The number of hydrogen-bond acceptors (Lipinski definition) is 4. The van der Waals surface area contributed by atoms with E-state index in [1.54, 1.807) is 12.6 Å². The largest absolute Gasteiger partial charge is 0.468 e. The average Bonchev–Trinajstić information content (AvgIpc) is 3.22. The minimum absolute atomic E-state index is 0.237. The van der Waals surface area contributed by atoms with Gasteiger partial charge in [0.25, 0.3) is 0 Å². The molecule has 28 heavy (non-hydrogen) atoms. The summed E-state index contributed by atoms with van der Waals surface area (Å²) in [7, 11) is 0. The lowest BCUT2D eigenvalue weighted by atomic mass is 9.84. The first-order valence-corrected chi connectivity index (χ1v) is 9.50. The summed E-state index contributed by atoms with van der Waals surface area (Å²) in [5.74, 6) is 2.21. The first-order chi connectivity index (χ1) is 13.6. The molecule has 1 atom stereocenters. The Morgan fingerprint density at radius 1 is 1.07 bits per heavy atom. The van der Waals surface area contributed by atoms with Gasteiger partial charge in [-0.15, -0.1) is 0 Å². The third kappa shape index (κ3) is 2.54. The number of hydrogen-bond donors (Lipinski definition) is 1. The highest BCUT2D eigenvalue weighted by Gasteiger charge is 2.35. The molecule has 5 nitrogen and oxygen atoms in total. The maximum Gasteiger partial charge on any atom is 0.228 e. The third-order valence-corrected chi connectivity index (χ3v) is 5.19. The van der Waals surface area contributed by atoms with Crippen molar-refractivity contribution in [2.75, 3.05) is 0 Å². The Bertz CT molecular complexity index is 1220. The van der Waals surface area contributed by atoms with Crippen LogP contribution in [0.3, 0.4) is 0 Å². The van der Waals surface area contributed by atoms with E-state index >= 15 is 0 Å². The quantitative estimate of drug-likeness (QED) is 0.483. The van der Waals surface area contributed by atoms with Gasteiger partial charge in [-0.2, -0.15) is 0 Å². The first-order valence-electron chi connectivity index (χ1n) is 9.50. The molecule has 5 heteroatoms. The number of rotatable bonds is 3. The molecule has 4 aromatic rings. The molecular weight excluding hydrogens is 350 g/mol. The molecule has 0 radical (unpaired) electrons. The predicted octanol–water partition coefficient (Wildman–Crippen LogP) is 5.05. The van der Waals surface area contributed by atoms with Crippen LogP contribution < -0.4 is 10.2 Å². The zero-order valence-electron chi connectivity index (χ0n) is 15.8. The van der Waals surface area contributed by atoms with Crippen molar-refractivity contribution in [3.05, 3.63) is 83.5 Å². The highest BCUT2D eigenvalue weighted by Crippen LogP contribution is 2.47. The molecule has 0 aliphatic carbocycles. The number of fused-ring (bicyclic) bond motifs is 4. The standard InChI is InChI=1S/C23H21N3O2/c1-14(2)12-26-13-25-23-21(22(26)24)20(17-8-5-11-27-17)19-16-7-4-3-6-15(16)9-10-18(19)28-23/h3-11,13-14,20,24H,12H2,1-2H3. The molecule has 0 saturated carbocycles. The maximum atomic E-state index is 8.90. The Hall–Kier alpha value is -3.34. The van der Waals surface area contributed by atoms with Crippen LogP contribution in [-0.4, -0.2) is 9.55 Å². The number of ether oxygens (including phenoxy) is 1. The van der Waals surface area contributed by atoms with E-state index in [-0.39, 0.29) is 5.92 Å². The van der Waals surface area contributed by atoms with Crippen LogP contribution in [0, 0.1) is 11.3 Å². The summed E-state index contributed by atoms with van der Waals surface area (Å²) in [5, 5.41) is 11.1. The van der Waals surface area contributed by atoms with Crippen molar-refractivity contribution in [2.45, 2.75) is 26.3 Å². The van der Waals surface area contributed by atoms with Gasteiger partial charge in [0.1, 0.15) is 23.3 Å². The Kier molecular flexibility index (Phi) is 3.83. The number of nitrogens with one attached hydrogen (secondary N) is 1. The van der Waals surface area contributed by atoms with Crippen molar-refractivity contribution in [3.8, 4) is 11.6 Å². The molecule has 1 aliphatic rings. The van der Waals surface area contributed by atoms with Crippen LogP contribution in [0.25, 0.3) is 10.8 Å². The van der Waals surface area contributed by atoms with E-state index in [9.17, 15) is 0 Å². The van der Waals surface area contributed by atoms with Crippen LogP contribution in [0.2, 0.25) is 0 Å². The minimum atomic E-state index is -0.237. The fourth-order valence-electron chi connectivity index (χ4n) is 4.03. The fraction of sp³-hybridized carbons (Fsp3) is 0.217.